The van der Waals surface area contributed by atoms with Crippen molar-refractivity contribution in [3.8, 4) is 0 Å². The van der Waals surface area contributed by atoms with Crippen LogP contribution in [0.25, 0.3) is 0 Å². The summed E-state index contributed by atoms with van der Waals surface area (Å²) in [5.41, 5.74) is 0. The van der Waals surface area contributed by atoms with Crippen molar-refractivity contribution in [3.63, 3.8) is 0 Å². The minimum Gasteiger partial charge on any atom is -0.346 e. The van der Waals surface area contributed by atoms with Gasteiger partial charge in [0.15, 0.2) is 5.03 Å². The van der Waals surface area contributed by atoms with E-state index in [2.05, 4.69) is 23.6 Å². The van der Waals surface area contributed by atoms with Crippen molar-refractivity contribution < 1.29 is 13.2 Å². The maximum atomic E-state index is 12.1. The minimum absolute atomic E-state index is 0.0203. The molecule has 0 aliphatic carbocycles. The van der Waals surface area contributed by atoms with Gasteiger partial charge in [0, 0.05) is 39.8 Å². The van der Waals surface area contributed by atoms with Gasteiger partial charge in [-0.05, 0) is 19.3 Å². The van der Waals surface area contributed by atoms with Crippen LogP contribution in [0.2, 0.25) is 0 Å². The summed E-state index contributed by atoms with van der Waals surface area (Å²) in [6.07, 6.45) is 2.52. The van der Waals surface area contributed by atoms with E-state index in [9.17, 15) is 13.2 Å². The molecule has 0 saturated carbocycles. The Bertz CT molecular complexity index is 588. The lowest BCUT2D eigenvalue weighted by Crippen LogP contribution is -2.33. The minimum atomic E-state index is -3.66. The molecule has 0 spiro atoms. The normalized spacial score (nSPS) is 11.9. The molecular formula is C14H26N4O3S. The van der Waals surface area contributed by atoms with Crippen LogP contribution >= 0.6 is 0 Å². The molecule has 22 heavy (non-hydrogen) atoms. The third kappa shape index (κ3) is 5.42. The molecule has 0 fully saturated rings. The highest BCUT2D eigenvalue weighted by Crippen LogP contribution is 2.07. The van der Waals surface area contributed by atoms with E-state index in [1.54, 1.807) is 30.5 Å². The third-order valence-corrected chi connectivity index (χ3v) is 4.79. The smallest absolute Gasteiger partial charge is 0.259 e. The standard InChI is InChI=1S/C14H26N4O3S/c1-11(2)7-9-17(4)14(19)6-8-15-22(20,21)13-10-18(5)12(3)16-13/h10-11,15H,6-9H2,1-5H3. The molecule has 1 N–H and O–H groups in total. The molecular weight excluding hydrogens is 304 g/mol. The van der Waals surface area contributed by atoms with Gasteiger partial charge in [0.25, 0.3) is 10.0 Å². The predicted octanol–water partition coefficient (Wildman–Crippen LogP) is 0.901. The summed E-state index contributed by atoms with van der Waals surface area (Å²) in [6, 6.07) is 0. The Labute approximate surface area is 132 Å². The van der Waals surface area contributed by atoms with E-state index in [1.807, 2.05) is 0 Å². The van der Waals surface area contributed by atoms with Gasteiger partial charge in [0.1, 0.15) is 5.82 Å². The molecule has 0 saturated heterocycles. The van der Waals surface area contributed by atoms with Gasteiger partial charge in [-0.1, -0.05) is 13.8 Å². The molecule has 0 bridgehead atoms. The number of carbonyl (C=O) groups is 1. The first-order chi connectivity index (χ1) is 10.1. The second kappa shape index (κ2) is 7.73. The topological polar surface area (TPSA) is 84.3 Å². The van der Waals surface area contributed by atoms with E-state index < -0.39 is 10.0 Å². The molecule has 0 aliphatic rings. The van der Waals surface area contributed by atoms with Crippen molar-refractivity contribution >= 4 is 15.9 Å². The largest absolute Gasteiger partial charge is 0.346 e. The molecule has 1 heterocycles. The fourth-order valence-corrected chi connectivity index (χ4v) is 2.86. The fourth-order valence-electron chi connectivity index (χ4n) is 1.79. The summed E-state index contributed by atoms with van der Waals surface area (Å²) in [5, 5.41) is -0.0203. The lowest BCUT2D eigenvalue weighted by atomic mass is 10.1. The number of rotatable bonds is 8. The number of amides is 1. The fraction of sp³-hybridized carbons (Fsp3) is 0.714. The van der Waals surface area contributed by atoms with Gasteiger partial charge in [-0.2, -0.15) is 0 Å². The number of aromatic nitrogens is 2. The Morgan fingerprint density at radius 2 is 2.09 bits per heavy atom. The lowest BCUT2D eigenvalue weighted by Gasteiger charge is -2.18. The first-order valence-electron chi connectivity index (χ1n) is 7.37. The summed E-state index contributed by atoms with van der Waals surface area (Å²) >= 11 is 0. The summed E-state index contributed by atoms with van der Waals surface area (Å²) in [7, 11) is -0.194. The van der Waals surface area contributed by atoms with E-state index >= 15 is 0 Å². The maximum Gasteiger partial charge on any atom is 0.259 e. The molecule has 1 rings (SSSR count). The summed E-state index contributed by atoms with van der Waals surface area (Å²) in [4.78, 5) is 17.5. The van der Waals surface area contributed by atoms with Gasteiger partial charge in [-0.15, -0.1) is 0 Å². The van der Waals surface area contributed by atoms with Crippen LogP contribution in [0.5, 0.6) is 0 Å². The van der Waals surface area contributed by atoms with Crippen molar-refractivity contribution in [1.29, 1.82) is 0 Å². The molecule has 7 nitrogen and oxygen atoms in total. The van der Waals surface area contributed by atoms with Gasteiger partial charge in [-0.3, -0.25) is 4.79 Å². The number of nitrogens with one attached hydrogen (secondary N) is 1. The highest BCUT2D eigenvalue weighted by Gasteiger charge is 2.19. The van der Waals surface area contributed by atoms with Crippen molar-refractivity contribution in [2.24, 2.45) is 13.0 Å². The van der Waals surface area contributed by atoms with Crippen LogP contribution in [0.15, 0.2) is 11.2 Å². The van der Waals surface area contributed by atoms with E-state index in [0.717, 1.165) is 6.42 Å². The summed E-state index contributed by atoms with van der Waals surface area (Å²) < 4.78 is 28.2. The monoisotopic (exact) mass is 330 g/mol. The highest BCUT2D eigenvalue weighted by molar-refractivity contribution is 7.89. The zero-order valence-electron chi connectivity index (χ0n) is 14.0. The molecule has 126 valence electrons. The number of sulfonamides is 1. The van der Waals surface area contributed by atoms with E-state index in [0.29, 0.717) is 18.3 Å². The summed E-state index contributed by atoms with van der Waals surface area (Å²) in [6.45, 7) is 6.68. The molecule has 0 atom stereocenters. The number of carbonyl (C=O) groups excluding carboxylic acids is 1. The summed E-state index contributed by atoms with van der Waals surface area (Å²) in [5.74, 6) is 1.08. The second-order valence-corrected chi connectivity index (χ2v) is 7.60. The highest BCUT2D eigenvalue weighted by atomic mass is 32.2. The van der Waals surface area contributed by atoms with Gasteiger partial charge in [0.2, 0.25) is 5.91 Å². The van der Waals surface area contributed by atoms with Crippen LogP contribution in [0.4, 0.5) is 0 Å². The van der Waals surface area contributed by atoms with Gasteiger partial charge >= 0.3 is 0 Å². The first-order valence-corrected chi connectivity index (χ1v) is 8.85. The number of nitrogens with zero attached hydrogens (tertiary/aromatic N) is 3. The van der Waals surface area contributed by atoms with Crippen molar-refractivity contribution in [3.05, 3.63) is 12.0 Å². The van der Waals surface area contributed by atoms with Crippen molar-refractivity contribution in [1.82, 2.24) is 19.2 Å². The zero-order chi connectivity index (χ0) is 16.9. The number of imidazole rings is 1. The Balaban J connectivity index is 2.47. The molecule has 8 heteroatoms. The number of hydrogen-bond donors (Lipinski definition) is 1. The van der Waals surface area contributed by atoms with E-state index in [1.165, 1.54) is 6.20 Å². The van der Waals surface area contributed by atoms with Crippen LogP contribution in [-0.2, 0) is 21.9 Å². The van der Waals surface area contributed by atoms with E-state index in [4.69, 9.17) is 0 Å². The number of aryl methyl sites for hydroxylation is 2. The average molecular weight is 330 g/mol. The third-order valence-electron chi connectivity index (χ3n) is 3.46. The van der Waals surface area contributed by atoms with Gasteiger partial charge in [-0.25, -0.2) is 18.1 Å². The van der Waals surface area contributed by atoms with Crippen LogP contribution in [0.3, 0.4) is 0 Å². The maximum absolute atomic E-state index is 12.1. The van der Waals surface area contributed by atoms with Crippen molar-refractivity contribution in [2.45, 2.75) is 38.6 Å². The van der Waals surface area contributed by atoms with Crippen LogP contribution in [0, 0.1) is 12.8 Å². The Morgan fingerprint density at radius 3 is 2.59 bits per heavy atom. The van der Waals surface area contributed by atoms with Gasteiger partial charge in [0.05, 0.1) is 0 Å². The van der Waals surface area contributed by atoms with Crippen LogP contribution < -0.4 is 4.72 Å². The molecule has 0 unspecified atom stereocenters. The Kier molecular flexibility index (Phi) is 6.55. The molecule has 0 aliphatic heterocycles. The van der Waals surface area contributed by atoms with Crippen LogP contribution in [-0.4, -0.2) is 48.9 Å². The first kappa shape index (κ1) is 18.6. The van der Waals surface area contributed by atoms with Crippen LogP contribution in [0.1, 0.15) is 32.5 Å². The second-order valence-electron chi connectivity index (χ2n) is 5.88. The van der Waals surface area contributed by atoms with E-state index in [-0.39, 0.29) is 23.9 Å². The molecule has 0 radical (unpaired) electrons. The quantitative estimate of drug-likeness (QED) is 0.767. The Morgan fingerprint density at radius 1 is 1.45 bits per heavy atom. The SMILES string of the molecule is Cc1nc(S(=O)(=O)NCCC(=O)N(C)CCC(C)C)cn1C. The molecule has 1 aromatic heterocycles. The average Bonchev–Trinajstić information content (AvgIpc) is 2.76. The van der Waals surface area contributed by atoms with Gasteiger partial charge < -0.3 is 9.47 Å². The molecule has 1 aromatic rings. The molecule has 0 aromatic carbocycles. The number of hydrogen-bond acceptors (Lipinski definition) is 4. The molecule has 1 amide bonds. The Hall–Kier alpha value is -1.41. The zero-order valence-corrected chi connectivity index (χ0v) is 14.8. The van der Waals surface area contributed by atoms with Crippen molar-refractivity contribution in [2.75, 3.05) is 20.1 Å². The lowest BCUT2D eigenvalue weighted by molar-refractivity contribution is -0.129. The predicted molar refractivity (Wildman–Crippen MR) is 84.8 cm³/mol.